The van der Waals surface area contributed by atoms with Gasteiger partial charge in [0.15, 0.2) is 0 Å². The monoisotopic (exact) mass is 250 g/mol. The van der Waals surface area contributed by atoms with Crippen molar-refractivity contribution in [2.45, 2.75) is 45.8 Å². The van der Waals surface area contributed by atoms with Gasteiger partial charge in [-0.1, -0.05) is 12.1 Å². The molecule has 0 bridgehead atoms. The highest BCUT2D eigenvalue weighted by molar-refractivity contribution is 5.68. The molecule has 3 N–H and O–H groups in total. The summed E-state index contributed by atoms with van der Waals surface area (Å²) in [5.74, 6) is 0. The number of carbonyl (C=O) groups excluding carboxylic acids is 1. The average Bonchev–Trinajstić information content (AvgIpc) is 2.13. The number of nitrogens with two attached hydrogens (primary N) is 1. The minimum atomic E-state index is -0.471. The first-order valence-electron chi connectivity index (χ1n) is 6.10. The first kappa shape index (κ1) is 14.4. The van der Waals surface area contributed by atoms with Crippen LogP contribution in [0.4, 0.5) is 10.5 Å². The Kier molecular flexibility index (Phi) is 4.59. The van der Waals surface area contributed by atoms with Gasteiger partial charge in [0.1, 0.15) is 5.60 Å². The third kappa shape index (κ3) is 5.57. The zero-order chi connectivity index (χ0) is 13.8. The highest BCUT2D eigenvalue weighted by Gasteiger charge is 2.17. The third-order valence-electron chi connectivity index (χ3n) is 2.26. The SMILES string of the molecule is CC(Cc1cccc(N)c1)NC(=O)OC(C)(C)C. The van der Waals surface area contributed by atoms with Gasteiger partial charge in [-0.3, -0.25) is 0 Å². The summed E-state index contributed by atoms with van der Waals surface area (Å²) in [6.45, 7) is 7.46. The molecule has 4 nitrogen and oxygen atoms in total. The highest BCUT2D eigenvalue weighted by atomic mass is 16.6. The van der Waals surface area contributed by atoms with Gasteiger partial charge in [0.2, 0.25) is 0 Å². The third-order valence-corrected chi connectivity index (χ3v) is 2.26. The van der Waals surface area contributed by atoms with E-state index in [1.54, 1.807) is 0 Å². The van der Waals surface area contributed by atoms with Crippen LogP contribution in [-0.4, -0.2) is 17.7 Å². The van der Waals surface area contributed by atoms with Crippen LogP contribution in [0.15, 0.2) is 24.3 Å². The summed E-state index contributed by atoms with van der Waals surface area (Å²) >= 11 is 0. The standard InChI is InChI=1S/C14H22N2O2/c1-10(16-13(17)18-14(2,3)4)8-11-6-5-7-12(15)9-11/h5-7,9-10H,8,15H2,1-4H3,(H,16,17). The zero-order valence-electron chi connectivity index (χ0n) is 11.5. The molecule has 1 unspecified atom stereocenters. The van der Waals surface area contributed by atoms with Gasteiger partial charge in [-0.05, 0) is 51.8 Å². The Hall–Kier alpha value is -1.71. The van der Waals surface area contributed by atoms with E-state index in [1.165, 1.54) is 0 Å². The number of amides is 1. The van der Waals surface area contributed by atoms with E-state index in [-0.39, 0.29) is 12.1 Å². The van der Waals surface area contributed by atoms with Crippen LogP contribution in [0.3, 0.4) is 0 Å². The fourth-order valence-electron chi connectivity index (χ4n) is 1.63. The second-order valence-electron chi connectivity index (χ2n) is 5.50. The first-order chi connectivity index (χ1) is 8.26. The predicted octanol–water partition coefficient (Wildman–Crippen LogP) is 2.72. The molecule has 0 aliphatic heterocycles. The van der Waals surface area contributed by atoms with E-state index in [1.807, 2.05) is 52.0 Å². The molecule has 0 radical (unpaired) electrons. The normalized spacial score (nSPS) is 12.9. The molecule has 0 fully saturated rings. The van der Waals surface area contributed by atoms with Crippen molar-refractivity contribution in [2.75, 3.05) is 5.73 Å². The zero-order valence-corrected chi connectivity index (χ0v) is 11.5. The summed E-state index contributed by atoms with van der Waals surface area (Å²) in [6.07, 6.45) is 0.337. The lowest BCUT2D eigenvalue weighted by molar-refractivity contribution is 0.0508. The van der Waals surface area contributed by atoms with Crippen molar-refractivity contribution in [1.29, 1.82) is 0 Å². The molecule has 1 atom stereocenters. The van der Waals surface area contributed by atoms with Crippen LogP contribution >= 0.6 is 0 Å². The van der Waals surface area contributed by atoms with Gasteiger partial charge >= 0.3 is 6.09 Å². The van der Waals surface area contributed by atoms with E-state index in [4.69, 9.17) is 10.5 Å². The van der Waals surface area contributed by atoms with Crippen molar-refractivity contribution in [1.82, 2.24) is 5.32 Å². The van der Waals surface area contributed by atoms with Crippen molar-refractivity contribution < 1.29 is 9.53 Å². The van der Waals surface area contributed by atoms with Crippen molar-refractivity contribution in [3.8, 4) is 0 Å². The quantitative estimate of drug-likeness (QED) is 0.811. The topological polar surface area (TPSA) is 64.3 Å². The van der Waals surface area contributed by atoms with Crippen molar-refractivity contribution >= 4 is 11.8 Å². The van der Waals surface area contributed by atoms with Crippen molar-refractivity contribution in [3.05, 3.63) is 29.8 Å². The number of hydrogen-bond acceptors (Lipinski definition) is 3. The van der Waals surface area contributed by atoms with E-state index in [0.29, 0.717) is 0 Å². The van der Waals surface area contributed by atoms with Gasteiger partial charge in [0.25, 0.3) is 0 Å². The summed E-state index contributed by atoms with van der Waals surface area (Å²) in [5.41, 5.74) is 7.06. The Morgan fingerprint density at radius 2 is 2.11 bits per heavy atom. The van der Waals surface area contributed by atoms with E-state index in [2.05, 4.69) is 5.32 Å². The molecule has 1 amide bonds. The average molecular weight is 250 g/mol. The summed E-state index contributed by atoms with van der Waals surface area (Å²) < 4.78 is 5.20. The molecule has 18 heavy (non-hydrogen) atoms. The molecular formula is C14H22N2O2. The fourth-order valence-corrected chi connectivity index (χ4v) is 1.63. The largest absolute Gasteiger partial charge is 0.444 e. The number of nitrogens with one attached hydrogen (secondary N) is 1. The van der Waals surface area contributed by atoms with E-state index < -0.39 is 5.60 Å². The molecule has 100 valence electrons. The predicted molar refractivity (Wildman–Crippen MR) is 73.4 cm³/mol. The number of ether oxygens (including phenoxy) is 1. The second kappa shape index (κ2) is 5.76. The van der Waals surface area contributed by atoms with Gasteiger partial charge < -0.3 is 15.8 Å². The minimum absolute atomic E-state index is 0.00153. The minimum Gasteiger partial charge on any atom is -0.444 e. The van der Waals surface area contributed by atoms with Crippen LogP contribution in [0.25, 0.3) is 0 Å². The Labute approximate surface area is 109 Å². The maximum Gasteiger partial charge on any atom is 0.407 e. The number of anilines is 1. The Morgan fingerprint density at radius 1 is 1.44 bits per heavy atom. The molecule has 1 aromatic rings. The molecule has 0 saturated carbocycles. The van der Waals surface area contributed by atoms with Crippen LogP contribution in [-0.2, 0) is 11.2 Å². The summed E-state index contributed by atoms with van der Waals surface area (Å²) in [5, 5.41) is 2.80. The van der Waals surface area contributed by atoms with Crippen LogP contribution < -0.4 is 11.1 Å². The molecule has 0 spiro atoms. The smallest absolute Gasteiger partial charge is 0.407 e. The highest BCUT2D eigenvalue weighted by Crippen LogP contribution is 2.10. The number of rotatable bonds is 3. The number of benzene rings is 1. The van der Waals surface area contributed by atoms with Gasteiger partial charge in [-0.25, -0.2) is 4.79 Å². The maximum atomic E-state index is 11.6. The molecule has 4 heteroatoms. The molecule has 0 aromatic heterocycles. The van der Waals surface area contributed by atoms with Crippen LogP contribution in [0.1, 0.15) is 33.3 Å². The van der Waals surface area contributed by atoms with Gasteiger partial charge in [0.05, 0.1) is 0 Å². The van der Waals surface area contributed by atoms with E-state index in [9.17, 15) is 4.79 Å². The van der Waals surface area contributed by atoms with E-state index >= 15 is 0 Å². The fraction of sp³-hybridized carbons (Fsp3) is 0.500. The number of hydrogen-bond donors (Lipinski definition) is 2. The Bertz CT molecular complexity index is 411. The van der Waals surface area contributed by atoms with Gasteiger partial charge in [-0.15, -0.1) is 0 Å². The molecule has 0 saturated heterocycles. The van der Waals surface area contributed by atoms with E-state index in [0.717, 1.165) is 17.7 Å². The first-order valence-corrected chi connectivity index (χ1v) is 6.10. The van der Waals surface area contributed by atoms with Crippen LogP contribution in [0, 0.1) is 0 Å². The van der Waals surface area contributed by atoms with Crippen molar-refractivity contribution in [3.63, 3.8) is 0 Å². The van der Waals surface area contributed by atoms with Crippen LogP contribution in [0.5, 0.6) is 0 Å². The van der Waals surface area contributed by atoms with Crippen molar-refractivity contribution in [2.24, 2.45) is 0 Å². The molecule has 1 rings (SSSR count). The number of nitrogen functional groups attached to an aromatic ring is 1. The Balaban J connectivity index is 2.47. The van der Waals surface area contributed by atoms with Crippen LogP contribution in [0.2, 0.25) is 0 Å². The maximum absolute atomic E-state index is 11.6. The second-order valence-corrected chi connectivity index (χ2v) is 5.50. The summed E-state index contributed by atoms with van der Waals surface area (Å²) in [4.78, 5) is 11.6. The molecule has 0 aliphatic rings. The molecular weight excluding hydrogens is 228 g/mol. The van der Waals surface area contributed by atoms with Gasteiger partial charge in [-0.2, -0.15) is 0 Å². The summed E-state index contributed by atoms with van der Waals surface area (Å²) in [6, 6.07) is 7.65. The summed E-state index contributed by atoms with van der Waals surface area (Å²) in [7, 11) is 0. The lowest BCUT2D eigenvalue weighted by atomic mass is 10.1. The number of carbonyl (C=O) groups is 1. The molecule has 0 heterocycles. The molecule has 0 aliphatic carbocycles. The lowest BCUT2D eigenvalue weighted by Crippen LogP contribution is -2.38. The Morgan fingerprint density at radius 3 is 2.67 bits per heavy atom. The number of alkyl carbamates (subject to hydrolysis) is 1. The van der Waals surface area contributed by atoms with Gasteiger partial charge in [0, 0.05) is 11.7 Å². The molecule has 1 aromatic carbocycles. The lowest BCUT2D eigenvalue weighted by Gasteiger charge is -2.22.